The van der Waals surface area contributed by atoms with Crippen LogP contribution in [0.2, 0.25) is 0 Å². The molecular formula is C12H14BrFO2. The molecule has 2 rings (SSSR count). The Morgan fingerprint density at radius 1 is 1.50 bits per heavy atom. The van der Waals surface area contributed by atoms with Crippen molar-refractivity contribution in [2.45, 2.75) is 25.6 Å². The number of benzene rings is 1. The molecule has 0 aliphatic carbocycles. The van der Waals surface area contributed by atoms with Crippen LogP contribution in [-0.2, 0) is 16.1 Å². The van der Waals surface area contributed by atoms with Gasteiger partial charge in [-0.2, -0.15) is 0 Å². The zero-order chi connectivity index (χ0) is 11.4. The molecule has 1 aliphatic heterocycles. The lowest BCUT2D eigenvalue weighted by atomic mass is 10.2. The minimum Gasteiger partial charge on any atom is -0.376 e. The molecule has 0 N–H and O–H groups in total. The first-order valence-electron chi connectivity index (χ1n) is 5.39. The Morgan fingerprint density at radius 3 is 3.12 bits per heavy atom. The fraction of sp³-hybridized carbons (Fsp3) is 0.500. The Bertz CT molecular complexity index is 351. The Kier molecular flexibility index (Phi) is 4.32. The van der Waals surface area contributed by atoms with Crippen molar-refractivity contribution in [1.82, 2.24) is 0 Å². The van der Waals surface area contributed by atoms with Crippen LogP contribution in [0.25, 0.3) is 0 Å². The summed E-state index contributed by atoms with van der Waals surface area (Å²) in [4.78, 5) is 0. The van der Waals surface area contributed by atoms with E-state index in [1.54, 1.807) is 6.07 Å². The van der Waals surface area contributed by atoms with Crippen molar-refractivity contribution in [3.63, 3.8) is 0 Å². The van der Waals surface area contributed by atoms with Gasteiger partial charge in [0.15, 0.2) is 0 Å². The number of halogens is 2. The van der Waals surface area contributed by atoms with Crippen LogP contribution in [0, 0.1) is 5.82 Å². The Balaban J connectivity index is 1.82. The summed E-state index contributed by atoms with van der Waals surface area (Å²) in [7, 11) is 0. The summed E-state index contributed by atoms with van der Waals surface area (Å²) in [5.41, 5.74) is 0.831. The maximum Gasteiger partial charge on any atom is 0.137 e. The molecule has 1 saturated heterocycles. The van der Waals surface area contributed by atoms with Gasteiger partial charge in [-0.05, 0) is 40.4 Å². The summed E-state index contributed by atoms with van der Waals surface area (Å²) >= 11 is 3.21. The largest absolute Gasteiger partial charge is 0.376 e. The Hall–Kier alpha value is -0.450. The standard InChI is InChI=1S/C12H14BrFO2/c13-12-9(3-1-5-11(12)14)7-15-8-10-4-2-6-16-10/h1,3,5,10H,2,4,6-8H2. The third-order valence-electron chi connectivity index (χ3n) is 2.62. The summed E-state index contributed by atoms with van der Waals surface area (Å²) in [5.74, 6) is -0.252. The molecule has 1 aliphatic rings. The van der Waals surface area contributed by atoms with E-state index in [-0.39, 0.29) is 11.9 Å². The number of ether oxygens (including phenoxy) is 2. The van der Waals surface area contributed by atoms with E-state index >= 15 is 0 Å². The van der Waals surface area contributed by atoms with Gasteiger partial charge in [0, 0.05) is 6.61 Å². The van der Waals surface area contributed by atoms with Crippen LogP contribution >= 0.6 is 15.9 Å². The molecule has 1 heterocycles. The highest BCUT2D eigenvalue weighted by Crippen LogP contribution is 2.21. The third-order valence-corrected chi connectivity index (χ3v) is 3.50. The third kappa shape index (κ3) is 3.03. The molecule has 1 unspecified atom stereocenters. The molecule has 2 nitrogen and oxygen atoms in total. The number of rotatable bonds is 4. The quantitative estimate of drug-likeness (QED) is 0.847. The molecule has 1 atom stereocenters. The average molecular weight is 289 g/mol. The highest BCUT2D eigenvalue weighted by Gasteiger charge is 2.15. The molecule has 0 aromatic heterocycles. The lowest BCUT2D eigenvalue weighted by molar-refractivity contribution is 0.0104. The molecule has 1 aromatic carbocycles. The maximum atomic E-state index is 13.2. The summed E-state index contributed by atoms with van der Waals surface area (Å²) in [5, 5.41) is 0. The average Bonchev–Trinajstić information content (AvgIpc) is 2.77. The minimum atomic E-state index is -0.252. The fourth-order valence-corrected chi connectivity index (χ4v) is 2.11. The highest BCUT2D eigenvalue weighted by atomic mass is 79.9. The SMILES string of the molecule is Fc1cccc(COCC2CCCO2)c1Br. The first kappa shape index (κ1) is 12.0. The van der Waals surface area contributed by atoms with Crippen LogP contribution in [0.1, 0.15) is 18.4 Å². The molecular weight excluding hydrogens is 275 g/mol. The van der Waals surface area contributed by atoms with Crippen LogP contribution in [-0.4, -0.2) is 19.3 Å². The van der Waals surface area contributed by atoms with Crippen molar-refractivity contribution in [1.29, 1.82) is 0 Å². The van der Waals surface area contributed by atoms with Crippen molar-refractivity contribution in [3.8, 4) is 0 Å². The van der Waals surface area contributed by atoms with Gasteiger partial charge in [-0.3, -0.25) is 0 Å². The summed E-state index contributed by atoms with van der Waals surface area (Å²) in [6, 6.07) is 4.96. The lowest BCUT2D eigenvalue weighted by Gasteiger charge is -2.11. The van der Waals surface area contributed by atoms with Crippen LogP contribution in [0.5, 0.6) is 0 Å². The number of hydrogen-bond donors (Lipinski definition) is 0. The van der Waals surface area contributed by atoms with Crippen LogP contribution < -0.4 is 0 Å². The molecule has 4 heteroatoms. The summed E-state index contributed by atoms with van der Waals surface area (Å²) in [6.07, 6.45) is 2.38. The van der Waals surface area contributed by atoms with E-state index in [1.807, 2.05) is 6.07 Å². The van der Waals surface area contributed by atoms with Gasteiger partial charge in [0.2, 0.25) is 0 Å². The van der Waals surface area contributed by atoms with E-state index in [1.165, 1.54) is 6.07 Å². The molecule has 88 valence electrons. The molecule has 1 aromatic rings. The van der Waals surface area contributed by atoms with E-state index in [0.29, 0.717) is 17.7 Å². The Morgan fingerprint density at radius 2 is 2.38 bits per heavy atom. The van der Waals surface area contributed by atoms with Crippen LogP contribution in [0.3, 0.4) is 0 Å². The topological polar surface area (TPSA) is 18.5 Å². The van der Waals surface area contributed by atoms with E-state index < -0.39 is 0 Å². The van der Waals surface area contributed by atoms with Crippen molar-refractivity contribution < 1.29 is 13.9 Å². The fourth-order valence-electron chi connectivity index (χ4n) is 1.74. The van der Waals surface area contributed by atoms with Crippen LogP contribution in [0.15, 0.2) is 22.7 Å². The minimum absolute atomic E-state index is 0.215. The van der Waals surface area contributed by atoms with E-state index in [0.717, 1.165) is 25.0 Å². The summed E-state index contributed by atoms with van der Waals surface area (Å²) in [6.45, 7) is 1.83. The maximum absolute atomic E-state index is 13.2. The lowest BCUT2D eigenvalue weighted by Crippen LogP contribution is -2.13. The van der Waals surface area contributed by atoms with E-state index in [9.17, 15) is 4.39 Å². The predicted octanol–water partition coefficient (Wildman–Crippen LogP) is 3.28. The summed E-state index contributed by atoms with van der Waals surface area (Å²) < 4.78 is 24.6. The second kappa shape index (κ2) is 5.75. The van der Waals surface area contributed by atoms with Gasteiger partial charge in [0.1, 0.15) is 5.82 Å². The smallest absolute Gasteiger partial charge is 0.137 e. The first-order chi connectivity index (χ1) is 7.77. The zero-order valence-corrected chi connectivity index (χ0v) is 10.5. The van der Waals surface area contributed by atoms with E-state index in [2.05, 4.69) is 15.9 Å². The first-order valence-corrected chi connectivity index (χ1v) is 6.19. The molecule has 0 spiro atoms. The predicted molar refractivity (Wildman–Crippen MR) is 62.7 cm³/mol. The van der Waals surface area contributed by atoms with Gasteiger partial charge in [-0.1, -0.05) is 12.1 Å². The van der Waals surface area contributed by atoms with Gasteiger partial charge >= 0.3 is 0 Å². The van der Waals surface area contributed by atoms with Crippen molar-refractivity contribution >= 4 is 15.9 Å². The van der Waals surface area contributed by atoms with Crippen LogP contribution in [0.4, 0.5) is 4.39 Å². The molecule has 0 saturated carbocycles. The van der Waals surface area contributed by atoms with Gasteiger partial charge in [0.05, 0.1) is 23.8 Å². The molecule has 0 bridgehead atoms. The van der Waals surface area contributed by atoms with Crippen molar-refractivity contribution in [3.05, 3.63) is 34.1 Å². The monoisotopic (exact) mass is 288 g/mol. The van der Waals surface area contributed by atoms with Gasteiger partial charge in [-0.25, -0.2) is 4.39 Å². The Labute approximate surface area is 103 Å². The van der Waals surface area contributed by atoms with Gasteiger partial charge < -0.3 is 9.47 Å². The number of hydrogen-bond acceptors (Lipinski definition) is 2. The molecule has 1 fully saturated rings. The van der Waals surface area contributed by atoms with Crippen molar-refractivity contribution in [2.75, 3.05) is 13.2 Å². The normalized spacial score (nSPS) is 20.2. The molecule has 0 radical (unpaired) electrons. The molecule has 16 heavy (non-hydrogen) atoms. The van der Waals surface area contributed by atoms with Crippen molar-refractivity contribution in [2.24, 2.45) is 0 Å². The van der Waals surface area contributed by atoms with Gasteiger partial charge in [0.25, 0.3) is 0 Å². The molecule has 0 amide bonds. The second-order valence-electron chi connectivity index (χ2n) is 3.86. The second-order valence-corrected chi connectivity index (χ2v) is 4.66. The highest BCUT2D eigenvalue weighted by molar-refractivity contribution is 9.10. The van der Waals surface area contributed by atoms with E-state index in [4.69, 9.17) is 9.47 Å². The van der Waals surface area contributed by atoms with Gasteiger partial charge in [-0.15, -0.1) is 0 Å². The zero-order valence-electron chi connectivity index (χ0n) is 8.92.